The average Bonchev–Trinajstić information content (AvgIpc) is 3.21. The minimum Gasteiger partial charge on any atom is -0.465 e. The van der Waals surface area contributed by atoms with Crippen molar-refractivity contribution in [2.45, 2.75) is 44.8 Å². The second kappa shape index (κ2) is 5.53. The van der Waals surface area contributed by atoms with Crippen LogP contribution in [0.1, 0.15) is 30.8 Å². The molecule has 2 aliphatic rings. The Bertz CT molecular complexity index is 720. The molecule has 0 saturated carbocycles. The molecule has 2 saturated heterocycles. The van der Waals surface area contributed by atoms with Gasteiger partial charge in [-0.25, -0.2) is 0 Å². The molecule has 2 aliphatic heterocycles. The molecule has 2 aromatic heterocycles. The van der Waals surface area contributed by atoms with Crippen LogP contribution < -0.4 is 4.90 Å². The zero-order chi connectivity index (χ0) is 16.0. The first-order valence-electron chi connectivity index (χ1n) is 8.22. The summed E-state index contributed by atoms with van der Waals surface area (Å²) < 4.78 is 7.48. The first kappa shape index (κ1) is 14.5. The average molecular weight is 314 g/mol. The fraction of sp³-hybridized carbons (Fsp3) is 0.529. The minimum atomic E-state index is 0.218. The highest BCUT2D eigenvalue weighted by Gasteiger charge is 2.44. The van der Waals surface area contributed by atoms with E-state index >= 15 is 0 Å². The number of piperidine rings is 1. The molecule has 1 amide bonds. The zero-order valence-corrected chi connectivity index (χ0v) is 13.6. The number of nitrogens with zero attached hydrogens (tertiary/aromatic N) is 4. The Morgan fingerprint density at radius 1 is 1.30 bits per heavy atom. The summed E-state index contributed by atoms with van der Waals surface area (Å²) >= 11 is 0. The Kier molecular flexibility index (Phi) is 3.49. The lowest BCUT2D eigenvalue weighted by Gasteiger charge is -2.39. The van der Waals surface area contributed by atoms with Gasteiger partial charge >= 0.3 is 0 Å². The van der Waals surface area contributed by atoms with Crippen LogP contribution in [0.5, 0.6) is 0 Å². The summed E-state index contributed by atoms with van der Waals surface area (Å²) in [4.78, 5) is 16.9. The molecule has 0 radical (unpaired) electrons. The van der Waals surface area contributed by atoms with Gasteiger partial charge in [-0.15, -0.1) is 0 Å². The van der Waals surface area contributed by atoms with Crippen molar-refractivity contribution < 1.29 is 9.21 Å². The number of hydrogen-bond donors (Lipinski definition) is 0. The van der Waals surface area contributed by atoms with Crippen molar-refractivity contribution in [3.63, 3.8) is 0 Å². The van der Waals surface area contributed by atoms with Crippen LogP contribution in [-0.2, 0) is 18.4 Å². The molecule has 23 heavy (non-hydrogen) atoms. The van der Waals surface area contributed by atoms with Crippen LogP contribution in [-0.4, -0.2) is 39.2 Å². The molecule has 4 rings (SSSR count). The Morgan fingerprint density at radius 2 is 2.17 bits per heavy atom. The first-order chi connectivity index (χ1) is 11.1. The van der Waals surface area contributed by atoms with E-state index in [1.54, 1.807) is 10.9 Å². The highest BCUT2D eigenvalue weighted by atomic mass is 16.3. The molecule has 122 valence electrons. The summed E-state index contributed by atoms with van der Waals surface area (Å²) in [6.07, 6.45) is 6.26. The van der Waals surface area contributed by atoms with E-state index in [0.717, 1.165) is 43.1 Å². The Morgan fingerprint density at radius 3 is 2.87 bits per heavy atom. The van der Waals surface area contributed by atoms with Crippen LogP contribution in [0.25, 0.3) is 0 Å². The third kappa shape index (κ3) is 2.57. The number of hydrogen-bond acceptors (Lipinski definition) is 4. The van der Waals surface area contributed by atoms with Gasteiger partial charge in [-0.05, 0) is 31.9 Å². The molecule has 2 aromatic rings. The molecular formula is C17H22N4O2. The molecule has 2 atom stereocenters. The number of amides is 1. The fourth-order valence-corrected chi connectivity index (χ4v) is 3.99. The zero-order valence-electron chi connectivity index (χ0n) is 13.6. The predicted octanol–water partition coefficient (Wildman–Crippen LogP) is 2.09. The molecule has 6 nitrogen and oxygen atoms in total. The number of rotatable bonds is 3. The van der Waals surface area contributed by atoms with Crippen molar-refractivity contribution >= 4 is 11.6 Å². The van der Waals surface area contributed by atoms with Crippen molar-refractivity contribution in [2.75, 3.05) is 11.4 Å². The SMILES string of the molecule is Cc1ccc(CN2CC[C@@H]3[C@H]2CCC(=O)N3c2cnn(C)c2)o1. The predicted molar refractivity (Wildman–Crippen MR) is 86.0 cm³/mol. The first-order valence-corrected chi connectivity index (χ1v) is 8.22. The van der Waals surface area contributed by atoms with Gasteiger partial charge < -0.3 is 9.32 Å². The van der Waals surface area contributed by atoms with Crippen molar-refractivity contribution in [3.8, 4) is 0 Å². The second-order valence-electron chi connectivity index (χ2n) is 6.58. The van der Waals surface area contributed by atoms with Gasteiger partial charge in [-0.1, -0.05) is 0 Å². The molecule has 0 aliphatic carbocycles. The number of carbonyl (C=O) groups excluding carboxylic acids is 1. The number of furan rings is 1. The lowest BCUT2D eigenvalue weighted by atomic mass is 9.96. The highest BCUT2D eigenvalue weighted by molar-refractivity contribution is 5.94. The van der Waals surface area contributed by atoms with Gasteiger partial charge in [-0.2, -0.15) is 5.10 Å². The summed E-state index contributed by atoms with van der Waals surface area (Å²) in [6, 6.07) is 4.71. The number of aryl methyl sites for hydroxylation is 2. The van der Waals surface area contributed by atoms with E-state index in [2.05, 4.69) is 16.1 Å². The van der Waals surface area contributed by atoms with Gasteiger partial charge in [0.05, 0.1) is 24.5 Å². The Hall–Kier alpha value is -2.08. The number of likely N-dealkylation sites (tertiary alicyclic amines) is 1. The summed E-state index contributed by atoms with van der Waals surface area (Å²) in [5, 5.41) is 4.22. The molecule has 0 spiro atoms. The minimum absolute atomic E-state index is 0.218. The topological polar surface area (TPSA) is 54.5 Å². The molecule has 0 bridgehead atoms. The van der Waals surface area contributed by atoms with E-state index < -0.39 is 0 Å². The van der Waals surface area contributed by atoms with Crippen molar-refractivity contribution in [2.24, 2.45) is 7.05 Å². The maximum absolute atomic E-state index is 12.5. The lowest BCUT2D eigenvalue weighted by molar-refractivity contribution is -0.120. The summed E-state index contributed by atoms with van der Waals surface area (Å²) in [6.45, 7) is 3.79. The number of fused-ring (bicyclic) bond motifs is 1. The quantitative estimate of drug-likeness (QED) is 0.870. The van der Waals surface area contributed by atoms with E-state index in [1.165, 1.54) is 0 Å². The van der Waals surface area contributed by atoms with Crippen LogP contribution in [0.2, 0.25) is 0 Å². The van der Waals surface area contributed by atoms with Crippen molar-refractivity contribution in [3.05, 3.63) is 36.0 Å². The van der Waals surface area contributed by atoms with Crippen LogP contribution in [0, 0.1) is 6.92 Å². The third-order valence-electron chi connectivity index (χ3n) is 5.00. The van der Waals surface area contributed by atoms with Gasteiger partial charge in [0, 0.05) is 32.3 Å². The van der Waals surface area contributed by atoms with Gasteiger partial charge in [0.1, 0.15) is 11.5 Å². The van der Waals surface area contributed by atoms with Gasteiger partial charge in [-0.3, -0.25) is 14.4 Å². The van der Waals surface area contributed by atoms with Crippen LogP contribution >= 0.6 is 0 Å². The maximum Gasteiger partial charge on any atom is 0.227 e. The number of aromatic nitrogens is 2. The van der Waals surface area contributed by atoms with Gasteiger partial charge in [0.2, 0.25) is 5.91 Å². The summed E-state index contributed by atoms with van der Waals surface area (Å²) in [7, 11) is 1.88. The third-order valence-corrected chi connectivity index (χ3v) is 5.00. The van der Waals surface area contributed by atoms with Crippen molar-refractivity contribution in [1.82, 2.24) is 14.7 Å². The lowest BCUT2D eigenvalue weighted by Crippen LogP contribution is -2.52. The Labute approximate surface area is 135 Å². The molecule has 0 aromatic carbocycles. The van der Waals surface area contributed by atoms with E-state index in [4.69, 9.17) is 4.42 Å². The van der Waals surface area contributed by atoms with Gasteiger partial charge in [0.25, 0.3) is 0 Å². The number of carbonyl (C=O) groups is 1. The standard InChI is InChI=1S/C17H22N4O2/c1-12-3-4-14(23-12)11-20-8-7-16-15(20)5-6-17(22)21(16)13-9-18-19(2)10-13/h3-4,9-10,15-16H,5-8,11H2,1-2H3/t15-,16-/m1/s1. The van der Waals surface area contributed by atoms with Crippen molar-refractivity contribution in [1.29, 1.82) is 0 Å². The van der Waals surface area contributed by atoms with Crippen LogP contribution in [0.3, 0.4) is 0 Å². The van der Waals surface area contributed by atoms with E-state index in [0.29, 0.717) is 12.5 Å². The molecule has 0 N–H and O–H groups in total. The van der Waals surface area contributed by atoms with E-state index in [1.807, 2.05) is 31.1 Å². The number of anilines is 1. The molecule has 6 heteroatoms. The second-order valence-corrected chi connectivity index (χ2v) is 6.58. The van der Waals surface area contributed by atoms with Gasteiger partial charge in [0.15, 0.2) is 0 Å². The van der Waals surface area contributed by atoms with Crippen LogP contribution in [0.15, 0.2) is 28.9 Å². The maximum atomic E-state index is 12.5. The monoisotopic (exact) mass is 314 g/mol. The molecule has 2 fully saturated rings. The smallest absolute Gasteiger partial charge is 0.227 e. The van der Waals surface area contributed by atoms with Crippen LogP contribution in [0.4, 0.5) is 5.69 Å². The van der Waals surface area contributed by atoms with E-state index in [-0.39, 0.29) is 11.9 Å². The van der Waals surface area contributed by atoms with E-state index in [9.17, 15) is 4.79 Å². The fourth-order valence-electron chi connectivity index (χ4n) is 3.99. The normalized spacial score (nSPS) is 25.1. The molecule has 4 heterocycles. The molecule has 0 unspecified atom stereocenters. The largest absolute Gasteiger partial charge is 0.465 e. The highest BCUT2D eigenvalue weighted by Crippen LogP contribution is 2.35. The summed E-state index contributed by atoms with van der Waals surface area (Å²) in [5.74, 6) is 2.18. The Balaban J connectivity index is 1.55. The summed E-state index contributed by atoms with van der Waals surface area (Å²) in [5.41, 5.74) is 0.919. The molecular weight excluding hydrogens is 292 g/mol.